The Balaban J connectivity index is -0.000000118. The normalized spacial score (nSPS) is 8.50. The lowest BCUT2D eigenvalue weighted by atomic mass is 10.4. The molecule has 1 N–H and O–H groups in total. The molecule has 0 rings (SSSR count). The van der Waals surface area contributed by atoms with Gasteiger partial charge in [0.15, 0.2) is 0 Å². The van der Waals surface area contributed by atoms with Gasteiger partial charge < -0.3 is 5.41 Å². The minimum Gasteiger partial charge on any atom is -0.306 e. The van der Waals surface area contributed by atoms with Gasteiger partial charge in [-0.15, -0.1) is 0 Å². The van der Waals surface area contributed by atoms with Crippen molar-refractivity contribution >= 4 is 5.71 Å². The maximum Gasteiger partial charge on any atom is 0.0279 e. The van der Waals surface area contributed by atoms with Crippen LogP contribution in [0.15, 0.2) is 24.3 Å². The summed E-state index contributed by atoms with van der Waals surface area (Å²) in [6.45, 7) is 11.7. The van der Waals surface area contributed by atoms with Crippen molar-refractivity contribution in [2.45, 2.75) is 41.5 Å². The van der Waals surface area contributed by atoms with Crippen LogP contribution < -0.4 is 0 Å². The summed E-state index contributed by atoms with van der Waals surface area (Å²) in [4.78, 5) is 0. The average molecular weight is 169 g/mol. The Hall–Kier alpha value is -0.850. The predicted octanol–water partition coefficient (Wildman–Crippen LogP) is 4.21. The average Bonchev–Trinajstić information content (AvgIpc) is 2.08. The van der Waals surface area contributed by atoms with Gasteiger partial charge in [-0.3, -0.25) is 0 Å². The third-order valence-corrected chi connectivity index (χ3v) is 0.750. The monoisotopic (exact) mass is 169 g/mol. The molecule has 1 heteroatoms. The molecule has 0 aliphatic carbocycles. The predicted molar refractivity (Wildman–Crippen MR) is 60.1 cm³/mol. The highest BCUT2D eigenvalue weighted by atomic mass is 14.4. The van der Waals surface area contributed by atoms with Crippen LogP contribution in [0.4, 0.5) is 0 Å². The van der Waals surface area contributed by atoms with E-state index in [1.807, 2.05) is 52.8 Å². The third kappa shape index (κ3) is 61.3. The van der Waals surface area contributed by atoms with E-state index < -0.39 is 0 Å². The van der Waals surface area contributed by atoms with Gasteiger partial charge in [-0.05, 0) is 33.8 Å². The Bertz CT molecular complexity index is 117. The first-order valence-corrected chi connectivity index (χ1v) is 4.44. The maximum absolute atomic E-state index is 6.81. The lowest BCUT2D eigenvalue weighted by molar-refractivity contribution is 1.49. The minimum atomic E-state index is 0.609. The number of hydrogen-bond acceptors (Lipinski definition) is 1. The summed E-state index contributed by atoms with van der Waals surface area (Å²) in [7, 11) is 0. The molecule has 0 fully saturated rings. The van der Waals surface area contributed by atoms with E-state index in [0.717, 1.165) is 0 Å². The zero-order valence-electron chi connectivity index (χ0n) is 9.31. The molecule has 0 bridgehead atoms. The van der Waals surface area contributed by atoms with Crippen molar-refractivity contribution in [3.63, 3.8) is 0 Å². The Morgan fingerprint density at radius 1 is 0.917 bits per heavy atom. The highest BCUT2D eigenvalue weighted by molar-refractivity contribution is 5.89. The molecule has 0 radical (unpaired) electrons. The van der Waals surface area contributed by atoms with Gasteiger partial charge in [-0.1, -0.05) is 32.1 Å². The van der Waals surface area contributed by atoms with Crippen LogP contribution in [0, 0.1) is 5.41 Å². The minimum absolute atomic E-state index is 0.609. The highest BCUT2D eigenvalue weighted by Crippen LogP contribution is 1.70. The van der Waals surface area contributed by atoms with Crippen LogP contribution in [-0.2, 0) is 0 Å². The van der Waals surface area contributed by atoms with Crippen LogP contribution in [0.2, 0.25) is 0 Å². The van der Waals surface area contributed by atoms with Crippen molar-refractivity contribution in [2.24, 2.45) is 0 Å². The van der Waals surface area contributed by atoms with Crippen LogP contribution in [0.5, 0.6) is 0 Å². The highest BCUT2D eigenvalue weighted by Gasteiger charge is 1.66. The van der Waals surface area contributed by atoms with E-state index in [-0.39, 0.29) is 0 Å². The van der Waals surface area contributed by atoms with E-state index >= 15 is 0 Å². The second-order valence-corrected chi connectivity index (χ2v) is 1.85. The summed E-state index contributed by atoms with van der Waals surface area (Å²) in [6, 6.07) is 0. The Morgan fingerprint density at radius 2 is 1.25 bits per heavy atom. The van der Waals surface area contributed by atoms with Gasteiger partial charge in [0.25, 0.3) is 0 Å². The lowest BCUT2D eigenvalue weighted by Crippen LogP contribution is -1.74. The van der Waals surface area contributed by atoms with Crippen molar-refractivity contribution in [2.75, 3.05) is 0 Å². The molecule has 12 heavy (non-hydrogen) atoms. The first-order chi connectivity index (χ1) is 5.68. The van der Waals surface area contributed by atoms with Crippen LogP contribution >= 0.6 is 0 Å². The molecule has 72 valence electrons. The Kier molecular flexibility index (Phi) is 32.4. The van der Waals surface area contributed by atoms with Crippen molar-refractivity contribution < 1.29 is 0 Å². The van der Waals surface area contributed by atoms with Crippen LogP contribution in [0.1, 0.15) is 41.5 Å². The number of nitrogens with one attached hydrogen (secondary N) is 1. The molecule has 1 nitrogen and oxygen atoms in total. The number of allylic oxidation sites excluding steroid dienone is 4. The van der Waals surface area contributed by atoms with Crippen molar-refractivity contribution in [3.05, 3.63) is 24.3 Å². The Labute approximate surface area is 77.7 Å². The third-order valence-electron chi connectivity index (χ3n) is 0.750. The number of hydrogen-bond donors (Lipinski definition) is 1. The maximum atomic E-state index is 6.81. The molecule has 0 aromatic rings. The second kappa shape index (κ2) is 22.5. The summed E-state index contributed by atoms with van der Waals surface area (Å²) >= 11 is 0. The quantitative estimate of drug-likeness (QED) is 0.449. The van der Waals surface area contributed by atoms with E-state index in [4.69, 9.17) is 5.41 Å². The SMILES string of the molecule is C/C=C\C.C/C=C\C(C)=N.CC. The molecule has 0 spiro atoms. The molecular weight excluding hydrogens is 146 g/mol. The van der Waals surface area contributed by atoms with Gasteiger partial charge >= 0.3 is 0 Å². The zero-order valence-corrected chi connectivity index (χ0v) is 9.31. The second-order valence-electron chi connectivity index (χ2n) is 1.85. The summed E-state index contributed by atoms with van der Waals surface area (Å²) in [5.41, 5.74) is 0.609. The summed E-state index contributed by atoms with van der Waals surface area (Å²) < 4.78 is 0. The molecule has 0 saturated carbocycles. The molecule has 0 saturated heterocycles. The van der Waals surface area contributed by atoms with Crippen molar-refractivity contribution in [1.82, 2.24) is 0 Å². The standard InChI is InChI=1S/C5H9N.C4H8.C2H6/c1-3-4-5(2)6;1-3-4-2;1-2/h3-4,6H,1-2H3;3-4H,1-2H3;1-2H3/b4-3-,6-5?;4-3-;. The van der Waals surface area contributed by atoms with E-state index in [1.54, 1.807) is 13.0 Å². The molecule has 0 heterocycles. The van der Waals surface area contributed by atoms with Crippen LogP contribution in [0.25, 0.3) is 0 Å². The van der Waals surface area contributed by atoms with E-state index in [2.05, 4.69) is 0 Å². The van der Waals surface area contributed by atoms with Crippen LogP contribution in [0.3, 0.4) is 0 Å². The lowest BCUT2D eigenvalue weighted by Gasteiger charge is -1.73. The van der Waals surface area contributed by atoms with Gasteiger partial charge in [0.1, 0.15) is 0 Å². The molecular formula is C11H23N. The first kappa shape index (κ1) is 17.3. The topological polar surface area (TPSA) is 23.9 Å². The molecule has 0 aromatic heterocycles. The van der Waals surface area contributed by atoms with Gasteiger partial charge in [0.05, 0.1) is 0 Å². The van der Waals surface area contributed by atoms with E-state index in [1.165, 1.54) is 0 Å². The Morgan fingerprint density at radius 3 is 1.25 bits per heavy atom. The van der Waals surface area contributed by atoms with Crippen molar-refractivity contribution in [1.29, 1.82) is 5.41 Å². The first-order valence-electron chi connectivity index (χ1n) is 4.44. The molecule has 0 unspecified atom stereocenters. The molecule has 0 atom stereocenters. The van der Waals surface area contributed by atoms with Crippen LogP contribution in [-0.4, -0.2) is 5.71 Å². The summed E-state index contributed by atoms with van der Waals surface area (Å²) in [6.07, 6.45) is 7.60. The van der Waals surface area contributed by atoms with E-state index in [0.29, 0.717) is 5.71 Å². The number of rotatable bonds is 1. The molecule has 0 amide bonds. The van der Waals surface area contributed by atoms with Gasteiger partial charge in [-0.2, -0.15) is 0 Å². The van der Waals surface area contributed by atoms with Gasteiger partial charge in [0, 0.05) is 5.71 Å². The smallest absolute Gasteiger partial charge is 0.0279 e. The molecule has 0 aliphatic rings. The summed E-state index contributed by atoms with van der Waals surface area (Å²) in [5, 5.41) is 6.81. The van der Waals surface area contributed by atoms with Gasteiger partial charge in [0.2, 0.25) is 0 Å². The molecule has 0 aliphatic heterocycles. The molecule has 0 aromatic carbocycles. The van der Waals surface area contributed by atoms with Crippen molar-refractivity contribution in [3.8, 4) is 0 Å². The fourth-order valence-electron chi connectivity index (χ4n) is 0.250. The summed E-state index contributed by atoms with van der Waals surface area (Å²) in [5.74, 6) is 0. The van der Waals surface area contributed by atoms with Gasteiger partial charge in [-0.25, -0.2) is 0 Å². The fourth-order valence-corrected chi connectivity index (χ4v) is 0.250. The largest absolute Gasteiger partial charge is 0.306 e. The fraction of sp³-hybridized carbons (Fsp3) is 0.545. The zero-order chi connectivity index (χ0) is 10.4. The van der Waals surface area contributed by atoms with E-state index in [9.17, 15) is 0 Å².